The SMILES string of the molecule is CC(C)CSCC(O)c1cccc(OC2CC2)c1. The first-order valence-electron chi connectivity index (χ1n) is 6.67. The molecule has 2 rings (SSSR count). The summed E-state index contributed by atoms with van der Waals surface area (Å²) in [6.45, 7) is 4.40. The van der Waals surface area contributed by atoms with E-state index >= 15 is 0 Å². The first-order valence-corrected chi connectivity index (χ1v) is 7.83. The molecular formula is C15H22O2S. The van der Waals surface area contributed by atoms with Crippen LogP contribution in [-0.2, 0) is 0 Å². The van der Waals surface area contributed by atoms with Gasteiger partial charge in [0.05, 0.1) is 12.2 Å². The summed E-state index contributed by atoms with van der Waals surface area (Å²) in [6, 6.07) is 7.87. The molecule has 2 nitrogen and oxygen atoms in total. The summed E-state index contributed by atoms with van der Waals surface area (Å²) in [5, 5.41) is 10.1. The van der Waals surface area contributed by atoms with Gasteiger partial charge in [0.25, 0.3) is 0 Å². The van der Waals surface area contributed by atoms with Crippen LogP contribution in [0.15, 0.2) is 24.3 Å². The number of hydrogen-bond acceptors (Lipinski definition) is 3. The highest BCUT2D eigenvalue weighted by molar-refractivity contribution is 7.99. The number of hydrogen-bond donors (Lipinski definition) is 1. The Morgan fingerprint density at radius 3 is 2.78 bits per heavy atom. The number of aliphatic hydroxyl groups excluding tert-OH is 1. The largest absolute Gasteiger partial charge is 0.490 e. The molecule has 1 aliphatic rings. The van der Waals surface area contributed by atoms with Gasteiger partial charge in [0.15, 0.2) is 0 Å². The van der Waals surface area contributed by atoms with Crippen LogP contribution in [0.5, 0.6) is 5.75 Å². The topological polar surface area (TPSA) is 29.5 Å². The number of ether oxygens (including phenoxy) is 1. The van der Waals surface area contributed by atoms with Crippen molar-refractivity contribution < 1.29 is 9.84 Å². The molecule has 100 valence electrons. The maximum Gasteiger partial charge on any atom is 0.120 e. The molecule has 1 atom stereocenters. The standard InChI is InChI=1S/C15H22O2S/c1-11(2)9-18-10-15(16)12-4-3-5-14(8-12)17-13-6-7-13/h3-5,8,11,13,15-16H,6-7,9-10H2,1-2H3. The maximum atomic E-state index is 10.1. The van der Waals surface area contributed by atoms with Gasteiger partial charge in [-0.1, -0.05) is 26.0 Å². The van der Waals surface area contributed by atoms with Gasteiger partial charge >= 0.3 is 0 Å². The third kappa shape index (κ3) is 4.54. The summed E-state index contributed by atoms with van der Waals surface area (Å²) < 4.78 is 5.74. The van der Waals surface area contributed by atoms with Gasteiger partial charge in [-0.3, -0.25) is 0 Å². The Hall–Kier alpha value is -0.670. The summed E-state index contributed by atoms with van der Waals surface area (Å²) in [5.74, 6) is 3.41. The van der Waals surface area contributed by atoms with E-state index in [4.69, 9.17) is 4.74 Å². The van der Waals surface area contributed by atoms with Gasteiger partial charge in [-0.2, -0.15) is 11.8 Å². The minimum absolute atomic E-state index is 0.392. The molecule has 0 aromatic heterocycles. The Labute approximate surface area is 114 Å². The predicted molar refractivity (Wildman–Crippen MR) is 77.2 cm³/mol. The number of benzene rings is 1. The number of rotatable bonds is 7. The van der Waals surface area contributed by atoms with E-state index in [1.165, 1.54) is 0 Å². The number of aliphatic hydroxyl groups is 1. The van der Waals surface area contributed by atoms with Gasteiger partial charge in [-0.05, 0) is 42.2 Å². The minimum Gasteiger partial charge on any atom is -0.490 e. The highest BCUT2D eigenvalue weighted by Crippen LogP contribution is 2.29. The Bertz CT molecular complexity index is 375. The quantitative estimate of drug-likeness (QED) is 0.817. The van der Waals surface area contributed by atoms with Gasteiger partial charge in [-0.25, -0.2) is 0 Å². The highest BCUT2D eigenvalue weighted by Gasteiger charge is 2.23. The molecular weight excluding hydrogens is 244 g/mol. The van der Waals surface area contributed by atoms with E-state index in [-0.39, 0.29) is 0 Å². The second kappa shape index (κ2) is 6.48. The minimum atomic E-state index is -0.392. The molecule has 3 heteroatoms. The van der Waals surface area contributed by atoms with Crippen LogP contribution in [0.1, 0.15) is 38.4 Å². The lowest BCUT2D eigenvalue weighted by Crippen LogP contribution is -2.04. The van der Waals surface area contributed by atoms with Crippen molar-refractivity contribution in [1.82, 2.24) is 0 Å². The van der Waals surface area contributed by atoms with Crippen LogP contribution in [0.25, 0.3) is 0 Å². The molecule has 1 unspecified atom stereocenters. The summed E-state index contributed by atoms with van der Waals surface area (Å²) in [7, 11) is 0. The zero-order valence-electron chi connectivity index (χ0n) is 11.1. The first-order chi connectivity index (χ1) is 8.65. The van der Waals surface area contributed by atoms with Crippen molar-refractivity contribution in [3.63, 3.8) is 0 Å². The van der Waals surface area contributed by atoms with Gasteiger partial charge in [0.1, 0.15) is 5.75 Å². The lowest BCUT2D eigenvalue weighted by molar-refractivity contribution is 0.203. The lowest BCUT2D eigenvalue weighted by atomic mass is 10.1. The second-order valence-corrected chi connectivity index (χ2v) is 6.41. The first kappa shape index (κ1) is 13.8. The third-order valence-corrected chi connectivity index (χ3v) is 4.25. The molecule has 0 saturated heterocycles. The molecule has 1 fully saturated rings. The van der Waals surface area contributed by atoms with E-state index in [0.29, 0.717) is 12.0 Å². The van der Waals surface area contributed by atoms with Crippen molar-refractivity contribution in [3.05, 3.63) is 29.8 Å². The normalized spacial score (nSPS) is 16.9. The zero-order valence-corrected chi connectivity index (χ0v) is 12.0. The number of thioether (sulfide) groups is 1. The van der Waals surface area contributed by atoms with Crippen molar-refractivity contribution in [2.45, 2.75) is 38.9 Å². The van der Waals surface area contributed by atoms with Crippen LogP contribution in [-0.4, -0.2) is 22.7 Å². The van der Waals surface area contributed by atoms with Gasteiger partial charge in [-0.15, -0.1) is 0 Å². The molecule has 18 heavy (non-hydrogen) atoms. The van der Waals surface area contributed by atoms with Crippen molar-refractivity contribution in [2.24, 2.45) is 5.92 Å². The molecule has 1 saturated carbocycles. The van der Waals surface area contributed by atoms with Crippen LogP contribution < -0.4 is 4.74 Å². The highest BCUT2D eigenvalue weighted by atomic mass is 32.2. The van der Waals surface area contributed by atoms with E-state index in [2.05, 4.69) is 13.8 Å². The fraction of sp³-hybridized carbons (Fsp3) is 0.600. The Balaban J connectivity index is 1.85. The van der Waals surface area contributed by atoms with E-state index in [1.807, 2.05) is 24.3 Å². The summed E-state index contributed by atoms with van der Waals surface area (Å²) in [4.78, 5) is 0. The molecule has 0 aliphatic heterocycles. The van der Waals surface area contributed by atoms with Crippen LogP contribution in [0.3, 0.4) is 0 Å². The smallest absolute Gasteiger partial charge is 0.120 e. The van der Waals surface area contributed by atoms with Crippen LogP contribution in [0.2, 0.25) is 0 Å². The fourth-order valence-electron chi connectivity index (χ4n) is 1.69. The van der Waals surface area contributed by atoms with Crippen molar-refractivity contribution >= 4 is 11.8 Å². The monoisotopic (exact) mass is 266 g/mol. The summed E-state index contributed by atoms with van der Waals surface area (Å²) in [6.07, 6.45) is 2.35. The molecule has 0 heterocycles. The van der Waals surface area contributed by atoms with Crippen LogP contribution >= 0.6 is 11.8 Å². The zero-order chi connectivity index (χ0) is 13.0. The fourth-order valence-corrected chi connectivity index (χ4v) is 2.71. The van der Waals surface area contributed by atoms with Crippen LogP contribution in [0.4, 0.5) is 0 Å². The van der Waals surface area contributed by atoms with Crippen molar-refractivity contribution in [1.29, 1.82) is 0 Å². The Morgan fingerprint density at radius 2 is 2.11 bits per heavy atom. The molecule has 0 radical (unpaired) electrons. The van der Waals surface area contributed by atoms with E-state index in [0.717, 1.165) is 35.7 Å². The molecule has 0 bridgehead atoms. The Morgan fingerprint density at radius 1 is 1.33 bits per heavy atom. The summed E-state index contributed by atoms with van der Waals surface area (Å²) in [5.41, 5.74) is 0.962. The average molecular weight is 266 g/mol. The van der Waals surface area contributed by atoms with E-state index in [1.54, 1.807) is 11.8 Å². The van der Waals surface area contributed by atoms with E-state index in [9.17, 15) is 5.11 Å². The second-order valence-electron chi connectivity index (χ2n) is 5.34. The lowest BCUT2D eigenvalue weighted by Gasteiger charge is -2.13. The average Bonchev–Trinajstić information content (AvgIpc) is 3.13. The molecule has 1 aromatic carbocycles. The van der Waals surface area contributed by atoms with E-state index < -0.39 is 6.10 Å². The Kier molecular flexibility index (Phi) is 4.95. The van der Waals surface area contributed by atoms with Crippen LogP contribution in [0, 0.1) is 5.92 Å². The maximum absolute atomic E-state index is 10.1. The third-order valence-electron chi connectivity index (χ3n) is 2.80. The van der Waals surface area contributed by atoms with Gasteiger partial charge in [0, 0.05) is 5.75 Å². The molecule has 1 N–H and O–H groups in total. The summed E-state index contributed by atoms with van der Waals surface area (Å²) >= 11 is 1.81. The van der Waals surface area contributed by atoms with Gasteiger partial charge < -0.3 is 9.84 Å². The molecule has 1 aromatic rings. The van der Waals surface area contributed by atoms with Crippen molar-refractivity contribution in [2.75, 3.05) is 11.5 Å². The molecule has 0 spiro atoms. The van der Waals surface area contributed by atoms with Gasteiger partial charge in [0.2, 0.25) is 0 Å². The molecule has 1 aliphatic carbocycles. The van der Waals surface area contributed by atoms with Crippen molar-refractivity contribution in [3.8, 4) is 5.75 Å². The predicted octanol–water partition coefficient (Wildman–Crippen LogP) is 3.65. The molecule has 0 amide bonds.